The number of primary amides is 1. The van der Waals surface area contributed by atoms with E-state index in [1.54, 1.807) is 0 Å². The molecule has 21 heavy (non-hydrogen) atoms. The molecule has 118 valence electrons. The molecule has 0 aliphatic heterocycles. The van der Waals surface area contributed by atoms with Gasteiger partial charge in [-0.2, -0.15) is 0 Å². The molecule has 3 fully saturated rings. The van der Waals surface area contributed by atoms with Crippen molar-refractivity contribution in [3.05, 3.63) is 0 Å². The van der Waals surface area contributed by atoms with Crippen molar-refractivity contribution in [3.63, 3.8) is 0 Å². The van der Waals surface area contributed by atoms with E-state index in [1.165, 1.54) is 19.3 Å². The number of carbonyl (C=O) groups is 1. The minimum Gasteiger partial charge on any atom is -0.391 e. The molecule has 0 heterocycles. The smallest absolute Gasteiger partial charge is 0.226 e. The van der Waals surface area contributed by atoms with Gasteiger partial charge in [-0.1, -0.05) is 32.3 Å². The van der Waals surface area contributed by atoms with Gasteiger partial charge in [-0.05, 0) is 44.4 Å². The van der Waals surface area contributed by atoms with Gasteiger partial charge in [0.25, 0.3) is 0 Å². The highest BCUT2D eigenvalue weighted by molar-refractivity contribution is 6.03. The Labute approximate surface area is 127 Å². The van der Waals surface area contributed by atoms with Crippen molar-refractivity contribution in [1.82, 2.24) is 0 Å². The van der Waals surface area contributed by atoms with Crippen molar-refractivity contribution >= 4 is 11.6 Å². The van der Waals surface area contributed by atoms with E-state index < -0.39 is 0 Å². The molecule has 2 N–H and O–H groups in total. The molecule has 3 rings (SSSR count). The quantitative estimate of drug-likeness (QED) is 0.811. The number of carbonyl (C=O) groups excluding carboxylic acids is 1. The number of rotatable bonds is 3. The molecule has 0 aromatic heterocycles. The number of hydrogen-bond acceptors (Lipinski definition) is 3. The summed E-state index contributed by atoms with van der Waals surface area (Å²) in [6, 6.07) is 0. The van der Waals surface area contributed by atoms with Crippen LogP contribution in [0.15, 0.2) is 5.16 Å². The lowest BCUT2D eigenvalue weighted by Crippen LogP contribution is -2.42. The second kappa shape index (κ2) is 4.99. The van der Waals surface area contributed by atoms with Crippen molar-refractivity contribution in [1.29, 1.82) is 0 Å². The van der Waals surface area contributed by atoms with Crippen LogP contribution >= 0.6 is 0 Å². The summed E-state index contributed by atoms with van der Waals surface area (Å²) in [5.74, 6) is 0.273. The third-order valence-electron chi connectivity index (χ3n) is 6.33. The van der Waals surface area contributed by atoms with Gasteiger partial charge in [0.15, 0.2) is 0 Å². The van der Waals surface area contributed by atoms with E-state index >= 15 is 0 Å². The van der Waals surface area contributed by atoms with Crippen LogP contribution in [0.25, 0.3) is 0 Å². The van der Waals surface area contributed by atoms with Gasteiger partial charge >= 0.3 is 0 Å². The molecule has 0 aromatic carbocycles. The Morgan fingerprint density at radius 3 is 2.67 bits per heavy atom. The molecule has 4 unspecified atom stereocenters. The standard InChI is InChI=1S/C17H28N2O2/c1-16(2)11-8-9-17(3,10-11)15(16)21-19-13-7-5-4-6-12(13)14(18)20/h11-12,15H,4-10H2,1-3H3,(H2,18,20). The summed E-state index contributed by atoms with van der Waals surface area (Å²) >= 11 is 0. The molecule has 3 saturated carbocycles. The first-order valence-electron chi connectivity index (χ1n) is 8.36. The first-order valence-corrected chi connectivity index (χ1v) is 8.36. The van der Waals surface area contributed by atoms with Crippen molar-refractivity contribution in [2.75, 3.05) is 0 Å². The highest BCUT2D eigenvalue weighted by Gasteiger charge is 2.61. The van der Waals surface area contributed by atoms with E-state index in [4.69, 9.17) is 10.6 Å². The lowest BCUT2D eigenvalue weighted by molar-refractivity contribution is -0.120. The molecule has 1 amide bonds. The number of nitrogens with zero attached hydrogens (tertiary/aromatic N) is 1. The van der Waals surface area contributed by atoms with E-state index in [0.29, 0.717) is 0 Å². The van der Waals surface area contributed by atoms with Gasteiger partial charge in [-0.3, -0.25) is 4.79 Å². The minimum atomic E-state index is -0.254. The molecule has 0 spiro atoms. The highest BCUT2D eigenvalue weighted by atomic mass is 16.6. The van der Waals surface area contributed by atoms with Crippen LogP contribution in [0, 0.1) is 22.7 Å². The molecule has 0 aromatic rings. The number of oxime groups is 1. The number of amides is 1. The van der Waals surface area contributed by atoms with Crippen molar-refractivity contribution in [2.45, 2.75) is 71.8 Å². The van der Waals surface area contributed by atoms with Crippen LogP contribution in [0.1, 0.15) is 65.7 Å². The fraction of sp³-hybridized carbons (Fsp3) is 0.882. The Morgan fingerprint density at radius 2 is 2.05 bits per heavy atom. The van der Waals surface area contributed by atoms with Crippen LogP contribution in [0.3, 0.4) is 0 Å². The summed E-state index contributed by atoms with van der Waals surface area (Å²) in [5, 5.41) is 4.44. The largest absolute Gasteiger partial charge is 0.391 e. The van der Waals surface area contributed by atoms with Crippen LogP contribution in [0.4, 0.5) is 0 Å². The third kappa shape index (κ3) is 2.36. The van der Waals surface area contributed by atoms with Gasteiger partial charge < -0.3 is 10.6 Å². The monoisotopic (exact) mass is 292 g/mol. The Morgan fingerprint density at radius 1 is 1.29 bits per heavy atom. The van der Waals surface area contributed by atoms with Gasteiger partial charge in [0.05, 0.1) is 11.6 Å². The van der Waals surface area contributed by atoms with Gasteiger partial charge in [0.2, 0.25) is 5.91 Å². The average molecular weight is 292 g/mol. The Bertz CT molecular complexity index is 467. The normalized spacial score (nSPS) is 43.2. The second-order valence-electron chi connectivity index (χ2n) is 8.18. The maximum Gasteiger partial charge on any atom is 0.226 e. The van der Waals surface area contributed by atoms with Crippen LogP contribution < -0.4 is 5.73 Å². The average Bonchev–Trinajstić information content (AvgIpc) is 2.89. The molecule has 3 aliphatic rings. The number of nitrogens with two attached hydrogens (primary N) is 1. The molecule has 4 nitrogen and oxygen atoms in total. The van der Waals surface area contributed by atoms with Gasteiger partial charge in [-0.25, -0.2) is 0 Å². The van der Waals surface area contributed by atoms with E-state index in [1.807, 2.05) is 0 Å². The molecule has 0 radical (unpaired) electrons. The van der Waals surface area contributed by atoms with Gasteiger partial charge in [-0.15, -0.1) is 0 Å². The molecule has 3 aliphatic carbocycles. The van der Waals surface area contributed by atoms with Crippen molar-refractivity contribution in [2.24, 2.45) is 33.6 Å². The van der Waals surface area contributed by atoms with Crippen molar-refractivity contribution < 1.29 is 9.63 Å². The third-order valence-corrected chi connectivity index (χ3v) is 6.33. The predicted octanol–water partition coefficient (Wildman–Crippen LogP) is 3.25. The summed E-state index contributed by atoms with van der Waals surface area (Å²) in [4.78, 5) is 17.6. The van der Waals surface area contributed by atoms with E-state index in [2.05, 4.69) is 25.9 Å². The maximum atomic E-state index is 11.6. The first-order chi connectivity index (χ1) is 9.84. The van der Waals surface area contributed by atoms with E-state index in [0.717, 1.165) is 37.3 Å². The molecular weight excluding hydrogens is 264 g/mol. The lowest BCUT2D eigenvalue weighted by Gasteiger charge is -2.40. The summed E-state index contributed by atoms with van der Waals surface area (Å²) in [6.45, 7) is 6.94. The summed E-state index contributed by atoms with van der Waals surface area (Å²) in [7, 11) is 0. The SMILES string of the molecule is CC12CCC(C1)C(C)(C)C2ON=C1CCCCC1C(N)=O. The predicted molar refractivity (Wildman–Crippen MR) is 82.7 cm³/mol. The van der Waals surface area contributed by atoms with Gasteiger partial charge in [0, 0.05) is 10.8 Å². The molecular formula is C17H28N2O2. The van der Waals surface area contributed by atoms with E-state index in [-0.39, 0.29) is 28.8 Å². The van der Waals surface area contributed by atoms with Crippen LogP contribution in [-0.2, 0) is 9.63 Å². The summed E-state index contributed by atoms with van der Waals surface area (Å²) < 4.78 is 0. The summed E-state index contributed by atoms with van der Waals surface area (Å²) in [6.07, 6.45) is 7.76. The zero-order valence-corrected chi connectivity index (χ0v) is 13.5. The van der Waals surface area contributed by atoms with Crippen molar-refractivity contribution in [3.8, 4) is 0 Å². The maximum absolute atomic E-state index is 11.6. The molecule has 4 atom stereocenters. The minimum absolute atomic E-state index is 0.159. The number of hydrogen-bond donors (Lipinski definition) is 1. The highest BCUT2D eigenvalue weighted by Crippen LogP contribution is 2.63. The molecule has 4 heteroatoms. The second-order valence-corrected chi connectivity index (χ2v) is 8.18. The number of fused-ring (bicyclic) bond motifs is 2. The van der Waals surface area contributed by atoms with Crippen LogP contribution in [0.5, 0.6) is 0 Å². The van der Waals surface area contributed by atoms with Gasteiger partial charge in [0.1, 0.15) is 6.10 Å². The Balaban J connectivity index is 1.77. The lowest BCUT2D eigenvalue weighted by atomic mass is 9.70. The van der Waals surface area contributed by atoms with Crippen LogP contribution in [0.2, 0.25) is 0 Å². The molecule has 0 saturated heterocycles. The Kier molecular flexibility index (Phi) is 3.53. The topological polar surface area (TPSA) is 64.7 Å². The summed E-state index contributed by atoms with van der Waals surface area (Å²) in [5.41, 5.74) is 6.80. The Hall–Kier alpha value is -1.06. The zero-order chi connectivity index (χ0) is 15.3. The molecule has 2 bridgehead atoms. The first kappa shape index (κ1) is 14.9. The fourth-order valence-electron chi connectivity index (χ4n) is 5.05. The fourth-order valence-corrected chi connectivity index (χ4v) is 5.05. The van der Waals surface area contributed by atoms with E-state index in [9.17, 15) is 4.79 Å². The van der Waals surface area contributed by atoms with Crippen LogP contribution in [-0.4, -0.2) is 17.7 Å². The zero-order valence-electron chi connectivity index (χ0n) is 13.5.